The van der Waals surface area contributed by atoms with Gasteiger partial charge in [0.05, 0.1) is 18.8 Å². The average Bonchev–Trinajstić information content (AvgIpc) is 3.45. The van der Waals surface area contributed by atoms with Gasteiger partial charge in [-0.1, -0.05) is 54.6 Å². The van der Waals surface area contributed by atoms with Crippen LogP contribution in [0.15, 0.2) is 71.1 Å². The Bertz CT molecular complexity index is 1060. The minimum Gasteiger partial charge on any atom is -0.475 e. The van der Waals surface area contributed by atoms with E-state index in [0.29, 0.717) is 25.0 Å². The molecule has 0 bridgehead atoms. The highest BCUT2D eigenvalue weighted by molar-refractivity contribution is 5.84. The highest BCUT2D eigenvalue weighted by Crippen LogP contribution is 2.30. The molecule has 0 aliphatic carbocycles. The van der Waals surface area contributed by atoms with E-state index in [0.717, 1.165) is 16.7 Å². The van der Waals surface area contributed by atoms with E-state index in [1.165, 1.54) is 6.07 Å². The fraction of sp³-hybridized carbons (Fsp3) is 0.280. The smallest absolute Gasteiger partial charge is 0.371 e. The lowest BCUT2D eigenvalue weighted by Crippen LogP contribution is -2.30. The topological polar surface area (TPSA) is 109 Å². The summed E-state index contributed by atoms with van der Waals surface area (Å²) in [6.07, 6.45) is 0.370. The first kappa shape index (κ1) is 21.8. The Balaban J connectivity index is 1.51. The Morgan fingerprint density at radius 3 is 2.41 bits per heavy atom. The van der Waals surface area contributed by atoms with Crippen molar-refractivity contribution in [2.24, 2.45) is 0 Å². The number of aliphatic hydroxyl groups excluding tert-OH is 1. The van der Waals surface area contributed by atoms with Crippen molar-refractivity contribution in [1.29, 1.82) is 0 Å². The first-order chi connectivity index (χ1) is 15.5. The minimum absolute atomic E-state index is 0.00179. The summed E-state index contributed by atoms with van der Waals surface area (Å²) in [6.45, 7) is 0.276. The fourth-order valence-corrected chi connectivity index (χ4v) is 3.81. The SMILES string of the molecule is O=C1CCC(CO[C@H](c2ccc(C(O)Cc3ccccc3)cc2)c2ccc(C(=O)O)o2)N1. The molecule has 2 aromatic carbocycles. The molecule has 0 saturated carbocycles. The van der Waals surface area contributed by atoms with Gasteiger partial charge >= 0.3 is 5.97 Å². The maximum absolute atomic E-state index is 11.5. The molecule has 3 N–H and O–H groups in total. The second kappa shape index (κ2) is 9.80. The predicted octanol–water partition coefficient (Wildman–Crippen LogP) is 3.64. The molecule has 0 radical (unpaired) electrons. The molecule has 166 valence electrons. The number of hydrogen-bond acceptors (Lipinski definition) is 5. The Morgan fingerprint density at radius 2 is 1.78 bits per heavy atom. The van der Waals surface area contributed by atoms with Gasteiger partial charge in [-0.3, -0.25) is 4.79 Å². The van der Waals surface area contributed by atoms with Crippen LogP contribution in [0.2, 0.25) is 0 Å². The van der Waals surface area contributed by atoms with Crippen LogP contribution in [0.4, 0.5) is 0 Å². The van der Waals surface area contributed by atoms with Crippen molar-refractivity contribution in [2.45, 2.75) is 37.5 Å². The van der Waals surface area contributed by atoms with E-state index in [2.05, 4.69) is 5.32 Å². The van der Waals surface area contributed by atoms with E-state index in [1.807, 2.05) is 54.6 Å². The van der Waals surface area contributed by atoms with Crippen LogP contribution < -0.4 is 5.32 Å². The lowest BCUT2D eigenvalue weighted by Gasteiger charge is -2.20. The van der Waals surface area contributed by atoms with Crippen LogP contribution in [0.3, 0.4) is 0 Å². The standard InChI is InChI=1S/C25H25NO6/c27-20(14-16-4-2-1-3-5-16)17-6-8-18(9-7-17)24(21-11-12-22(32-21)25(29)30)31-15-19-10-13-23(28)26-19/h1-9,11-12,19-20,24,27H,10,13-15H2,(H,26,28)(H,29,30)/t19?,20?,24-/m1/s1. The molecule has 2 heterocycles. The number of aromatic carboxylic acids is 1. The summed E-state index contributed by atoms with van der Waals surface area (Å²) in [5.74, 6) is -0.961. The molecule has 3 aromatic rings. The van der Waals surface area contributed by atoms with Crippen LogP contribution in [-0.2, 0) is 16.0 Å². The molecule has 1 aliphatic rings. The third kappa shape index (κ3) is 5.25. The largest absolute Gasteiger partial charge is 0.475 e. The zero-order valence-electron chi connectivity index (χ0n) is 17.4. The molecule has 32 heavy (non-hydrogen) atoms. The fourth-order valence-electron chi connectivity index (χ4n) is 3.81. The van der Waals surface area contributed by atoms with Crippen molar-refractivity contribution in [3.8, 4) is 0 Å². The van der Waals surface area contributed by atoms with Crippen molar-refractivity contribution in [1.82, 2.24) is 5.32 Å². The Kier molecular flexibility index (Phi) is 6.68. The van der Waals surface area contributed by atoms with E-state index >= 15 is 0 Å². The lowest BCUT2D eigenvalue weighted by molar-refractivity contribution is -0.119. The van der Waals surface area contributed by atoms with Crippen LogP contribution in [0.25, 0.3) is 0 Å². The van der Waals surface area contributed by atoms with Gasteiger partial charge in [-0.25, -0.2) is 4.79 Å². The number of ether oxygens (including phenoxy) is 1. The van der Waals surface area contributed by atoms with Gasteiger partial charge in [0.1, 0.15) is 11.9 Å². The molecule has 1 amide bonds. The zero-order chi connectivity index (χ0) is 22.5. The number of carbonyl (C=O) groups excluding carboxylic acids is 1. The minimum atomic E-state index is -1.16. The Labute approximate surface area is 185 Å². The molecule has 4 rings (SSSR count). The highest BCUT2D eigenvalue weighted by Gasteiger charge is 2.26. The molecule has 3 atom stereocenters. The number of carboxylic acid groups (broad SMARTS) is 1. The first-order valence-corrected chi connectivity index (χ1v) is 10.6. The van der Waals surface area contributed by atoms with Crippen molar-refractivity contribution in [2.75, 3.05) is 6.61 Å². The first-order valence-electron chi connectivity index (χ1n) is 10.6. The summed E-state index contributed by atoms with van der Waals surface area (Å²) in [5.41, 5.74) is 2.57. The van der Waals surface area contributed by atoms with Gasteiger partial charge in [-0.15, -0.1) is 0 Å². The number of carbonyl (C=O) groups is 2. The van der Waals surface area contributed by atoms with E-state index in [4.69, 9.17) is 9.15 Å². The molecule has 1 aliphatic heterocycles. The quantitative estimate of drug-likeness (QED) is 0.474. The monoisotopic (exact) mass is 435 g/mol. The van der Waals surface area contributed by atoms with Crippen molar-refractivity contribution in [3.63, 3.8) is 0 Å². The molecular weight excluding hydrogens is 410 g/mol. The lowest BCUT2D eigenvalue weighted by atomic mass is 9.98. The van der Waals surface area contributed by atoms with Crippen molar-refractivity contribution < 1.29 is 29.0 Å². The summed E-state index contributed by atoms with van der Waals surface area (Å²) in [6, 6.07) is 20.0. The number of benzene rings is 2. The second-order valence-electron chi connectivity index (χ2n) is 7.90. The van der Waals surface area contributed by atoms with E-state index in [-0.39, 0.29) is 24.3 Å². The number of nitrogens with one attached hydrogen (secondary N) is 1. The molecule has 0 spiro atoms. The predicted molar refractivity (Wildman–Crippen MR) is 116 cm³/mol. The number of aliphatic hydroxyl groups is 1. The molecule has 1 saturated heterocycles. The Morgan fingerprint density at radius 1 is 1.06 bits per heavy atom. The number of hydrogen-bond donors (Lipinski definition) is 3. The third-order valence-electron chi connectivity index (χ3n) is 5.54. The van der Waals surface area contributed by atoms with Crippen LogP contribution in [0.5, 0.6) is 0 Å². The summed E-state index contributed by atoms with van der Waals surface area (Å²) < 4.78 is 11.6. The second-order valence-corrected chi connectivity index (χ2v) is 7.90. The molecule has 7 nitrogen and oxygen atoms in total. The van der Waals surface area contributed by atoms with Gasteiger partial charge in [0.25, 0.3) is 0 Å². The van der Waals surface area contributed by atoms with Crippen LogP contribution in [0.1, 0.15) is 58.1 Å². The van der Waals surface area contributed by atoms with Gasteiger partial charge < -0.3 is 24.7 Å². The maximum atomic E-state index is 11.5. The molecule has 7 heteroatoms. The van der Waals surface area contributed by atoms with Crippen molar-refractivity contribution >= 4 is 11.9 Å². The highest BCUT2D eigenvalue weighted by atomic mass is 16.5. The molecular formula is C25H25NO6. The number of rotatable bonds is 9. The van der Waals surface area contributed by atoms with Gasteiger partial charge in [0.2, 0.25) is 11.7 Å². The average molecular weight is 435 g/mol. The van der Waals surface area contributed by atoms with E-state index in [1.54, 1.807) is 6.07 Å². The molecule has 1 fully saturated rings. The summed E-state index contributed by atoms with van der Waals surface area (Å²) in [4.78, 5) is 22.7. The van der Waals surface area contributed by atoms with Crippen LogP contribution >= 0.6 is 0 Å². The number of carboxylic acids is 1. The van der Waals surface area contributed by atoms with Crippen LogP contribution in [-0.4, -0.2) is 34.7 Å². The normalized spacial score (nSPS) is 17.7. The number of furan rings is 1. The Hall–Kier alpha value is -3.42. The van der Waals surface area contributed by atoms with E-state index < -0.39 is 18.2 Å². The van der Waals surface area contributed by atoms with Gasteiger partial charge in [0.15, 0.2) is 0 Å². The summed E-state index contributed by atoms with van der Waals surface area (Å²) in [5, 5.41) is 22.7. The summed E-state index contributed by atoms with van der Waals surface area (Å²) in [7, 11) is 0. The van der Waals surface area contributed by atoms with Crippen LogP contribution in [0, 0.1) is 0 Å². The molecule has 2 unspecified atom stereocenters. The molecule has 1 aromatic heterocycles. The van der Waals surface area contributed by atoms with Gasteiger partial charge in [-0.2, -0.15) is 0 Å². The summed E-state index contributed by atoms with van der Waals surface area (Å²) >= 11 is 0. The van der Waals surface area contributed by atoms with E-state index in [9.17, 15) is 19.8 Å². The zero-order valence-corrected chi connectivity index (χ0v) is 17.4. The maximum Gasteiger partial charge on any atom is 0.371 e. The van der Waals surface area contributed by atoms with Gasteiger partial charge in [0, 0.05) is 12.8 Å². The van der Waals surface area contributed by atoms with Crippen molar-refractivity contribution in [3.05, 3.63) is 94.9 Å². The number of amides is 1. The third-order valence-corrected chi connectivity index (χ3v) is 5.54. The van der Waals surface area contributed by atoms with Gasteiger partial charge in [-0.05, 0) is 35.2 Å².